The second-order valence-electron chi connectivity index (χ2n) is 13.2. The summed E-state index contributed by atoms with van der Waals surface area (Å²) in [5, 5.41) is 18.9. The number of rotatable bonds is 12. The van der Waals surface area contributed by atoms with Crippen LogP contribution in [-0.2, 0) is 22.4 Å². The Hall–Kier alpha value is -4.76. The number of carbonyl (C=O) groups is 3. The van der Waals surface area contributed by atoms with Crippen LogP contribution in [0.4, 0.5) is 0 Å². The fraction of sp³-hybridized carbons (Fsp3) is 0.400. The zero-order valence-corrected chi connectivity index (χ0v) is 29.0. The van der Waals surface area contributed by atoms with Gasteiger partial charge in [0.1, 0.15) is 0 Å². The number of aromatic carboxylic acids is 2. The van der Waals surface area contributed by atoms with Crippen LogP contribution in [-0.4, -0.2) is 84.1 Å². The number of nitrogens with zero attached hydrogens (tertiary/aromatic N) is 3. The average Bonchev–Trinajstić information content (AvgIpc) is 3.59. The molecule has 0 bridgehead atoms. The molecule has 2 atom stereocenters. The van der Waals surface area contributed by atoms with Gasteiger partial charge in [-0.15, -0.1) is 0 Å². The summed E-state index contributed by atoms with van der Waals surface area (Å²) in [7, 11) is 5.73. The molecule has 260 valence electrons. The number of hydrogen-bond donors (Lipinski definition) is 2. The largest absolute Gasteiger partial charge is 0.478 e. The monoisotopic (exact) mass is 667 g/mol. The molecule has 1 fully saturated rings. The Balaban J connectivity index is 0.000000266. The summed E-state index contributed by atoms with van der Waals surface area (Å²) in [5.74, 6) is -1.32. The molecule has 0 aromatic heterocycles. The second kappa shape index (κ2) is 18.1. The summed E-state index contributed by atoms with van der Waals surface area (Å²) >= 11 is 0. The number of methoxy groups -OCH3 is 1. The number of carboxylic acid groups (broad SMARTS) is 2. The number of carbonyl (C=O) groups excluding carboxylic acids is 1. The molecule has 1 saturated carbocycles. The van der Waals surface area contributed by atoms with E-state index in [1.807, 2.05) is 47.5 Å². The van der Waals surface area contributed by atoms with E-state index < -0.39 is 18.0 Å². The number of carboxylic acids is 2. The van der Waals surface area contributed by atoms with Crippen molar-refractivity contribution in [2.45, 2.75) is 64.0 Å². The Morgan fingerprint density at radius 1 is 0.959 bits per heavy atom. The number of aryl methyl sites for hydroxylation is 1. The summed E-state index contributed by atoms with van der Waals surface area (Å²) in [6.45, 7) is 2.33. The number of esters is 1. The maximum atomic E-state index is 11.6. The van der Waals surface area contributed by atoms with Crippen LogP contribution in [0.3, 0.4) is 0 Å². The summed E-state index contributed by atoms with van der Waals surface area (Å²) in [4.78, 5) is 42.6. The molecule has 0 amide bonds. The average molecular weight is 668 g/mol. The second-order valence-corrected chi connectivity index (χ2v) is 13.2. The van der Waals surface area contributed by atoms with Crippen molar-refractivity contribution in [3.05, 3.63) is 112 Å². The normalized spacial score (nSPS) is 19.4. The van der Waals surface area contributed by atoms with E-state index in [0.29, 0.717) is 30.0 Å². The van der Waals surface area contributed by atoms with Crippen molar-refractivity contribution in [3.63, 3.8) is 0 Å². The minimum atomic E-state index is -1.08. The van der Waals surface area contributed by atoms with Crippen LogP contribution in [0.1, 0.15) is 75.1 Å². The summed E-state index contributed by atoms with van der Waals surface area (Å²) in [6, 6.07) is 23.7. The summed E-state index contributed by atoms with van der Waals surface area (Å²) in [6.07, 6.45) is 13.0. The molecule has 2 N–H and O–H groups in total. The van der Waals surface area contributed by atoms with Crippen molar-refractivity contribution in [2.75, 3.05) is 27.7 Å². The van der Waals surface area contributed by atoms with E-state index in [9.17, 15) is 24.6 Å². The van der Waals surface area contributed by atoms with Crippen LogP contribution in [0.2, 0.25) is 0 Å². The van der Waals surface area contributed by atoms with Crippen LogP contribution in [0.15, 0.2) is 84.0 Å². The van der Waals surface area contributed by atoms with Crippen molar-refractivity contribution in [1.82, 2.24) is 9.80 Å². The lowest BCUT2D eigenvalue weighted by molar-refractivity contribution is -0.141. The van der Waals surface area contributed by atoms with Gasteiger partial charge in [-0.1, -0.05) is 60.7 Å². The Kier molecular flexibility index (Phi) is 13.7. The van der Waals surface area contributed by atoms with Crippen LogP contribution in [0.25, 0.3) is 6.08 Å². The molecule has 2 unspecified atom stereocenters. The highest BCUT2D eigenvalue weighted by Crippen LogP contribution is 2.36. The molecule has 0 saturated heterocycles. The van der Waals surface area contributed by atoms with Crippen molar-refractivity contribution in [2.24, 2.45) is 16.8 Å². The lowest BCUT2D eigenvalue weighted by atomic mass is 9.74. The van der Waals surface area contributed by atoms with Crippen molar-refractivity contribution >= 4 is 30.3 Å². The SMILES string of the molecule is COC(=O)C1CN(C=Cc2ccccc2)C=N1.Cc1c(CC2CCC(C(CCc3ccccc3)N(C)C)CC2)cc(C(=O)O)cc1C(=O)O. The standard InChI is InChI=1S/C27H35NO4.C13H14N2O2/c1-18-22(16-23(26(29)30)17-24(18)27(31)32)15-20-9-12-21(13-10-20)25(28(2)3)14-11-19-7-5-4-6-8-19;1-17-13(16)12-9-15(10-14-12)8-7-11-5-3-2-4-6-11/h4-8,16-17,20-21,25H,9-15H2,1-3H3,(H,29,30)(H,31,32);2-8,10,12H,9H2,1H3. The third kappa shape index (κ3) is 10.9. The highest BCUT2D eigenvalue weighted by molar-refractivity contribution is 5.95. The Morgan fingerprint density at radius 3 is 2.20 bits per heavy atom. The maximum Gasteiger partial charge on any atom is 0.335 e. The van der Waals surface area contributed by atoms with Crippen molar-refractivity contribution < 1.29 is 29.3 Å². The van der Waals surface area contributed by atoms with Crippen molar-refractivity contribution in [3.8, 4) is 0 Å². The molecule has 5 rings (SSSR count). The number of aliphatic imine (C=N–C) groups is 1. The predicted molar refractivity (Wildman–Crippen MR) is 193 cm³/mol. The van der Waals surface area contributed by atoms with Crippen LogP contribution >= 0.6 is 0 Å². The number of benzene rings is 3. The van der Waals surface area contributed by atoms with Gasteiger partial charge in [-0.25, -0.2) is 14.4 Å². The molecule has 9 heteroatoms. The number of hydrogen-bond acceptors (Lipinski definition) is 7. The number of ether oxygens (including phenoxy) is 1. The quantitative estimate of drug-likeness (QED) is 0.202. The van der Waals surface area contributed by atoms with E-state index in [-0.39, 0.29) is 17.1 Å². The fourth-order valence-electron chi connectivity index (χ4n) is 6.87. The molecule has 9 nitrogen and oxygen atoms in total. The molecule has 1 aliphatic carbocycles. The molecular weight excluding hydrogens is 618 g/mol. The van der Waals surface area contributed by atoms with Crippen LogP contribution in [0, 0.1) is 18.8 Å². The first kappa shape index (κ1) is 37.1. The van der Waals surface area contributed by atoms with E-state index >= 15 is 0 Å². The Bertz CT molecular complexity index is 1600. The zero-order valence-electron chi connectivity index (χ0n) is 29.0. The van der Waals surface area contributed by atoms with Gasteiger partial charge in [-0.2, -0.15) is 0 Å². The predicted octanol–water partition coefficient (Wildman–Crippen LogP) is 6.85. The van der Waals surface area contributed by atoms with Gasteiger partial charge in [0.05, 0.1) is 31.1 Å². The lowest BCUT2D eigenvalue weighted by Gasteiger charge is -2.37. The first-order valence-electron chi connectivity index (χ1n) is 17.0. The lowest BCUT2D eigenvalue weighted by Crippen LogP contribution is -2.38. The third-order valence-electron chi connectivity index (χ3n) is 9.68. The van der Waals surface area contributed by atoms with Gasteiger partial charge in [-0.05, 0) is 118 Å². The smallest absolute Gasteiger partial charge is 0.335 e. The summed E-state index contributed by atoms with van der Waals surface area (Å²) in [5.41, 5.74) is 4.21. The molecule has 2 aliphatic rings. The van der Waals surface area contributed by atoms with Gasteiger partial charge >= 0.3 is 17.9 Å². The Morgan fingerprint density at radius 2 is 1.61 bits per heavy atom. The molecule has 1 aliphatic heterocycles. The van der Waals surface area contributed by atoms with E-state index in [1.165, 1.54) is 18.7 Å². The van der Waals surface area contributed by atoms with Crippen LogP contribution < -0.4 is 0 Å². The van der Waals surface area contributed by atoms with E-state index in [1.54, 1.807) is 19.3 Å². The van der Waals surface area contributed by atoms with Gasteiger partial charge in [0.25, 0.3) is 0 Å². The first-order chi connectivity index (χ1) is 23.5. The molecule has 3 aromatic carbocycles. The van der Waals surface area contributed by atoms with Gasteiger partial charge in [0.15, 0.2) is 6.04 Å². The Labute approximate surface area is 289 Å². The van der Waals surface area contributed by atoms with E-state index in [4.69, 9.17) is 0 Å². The molecule has 49 heavy (non-hydrogen) atoms. The van der Waals surface area contributed by atoms with Gasteiger partial charge in [-0.3, -0.25) is 4.99 Å². The minimum absolute atomic E-state index is 0.0604. The minimum Gasteiger partial charge on any atom is -0.478 e. The summed E-state index contributed by atoms with van der Waals surface area (Å²) < 4.78 is 4.64. The van der Waals surface area contributed by atoms with E-state index in [0.717, 1.165) is 56.1 Å². The maximum absolute atomic E-state index is 11.6. The molecule has 0 radical (unpaired) electrons. The van der Waals surface area contributed by atoms with Crippen LogP contribution in [0.5, 0.6) is 0 Å². The van der Waals surface area contributed by atoms with Crippen molar-refractivity contribution in [1.29, 1.82) is 0 Å². The molecule has 3 aromatic rings. The van der Waals surface area contributed by atoms with Gasteiger partial charge in [0, 0.05) is 12.2 Å². The molecule has 1 heterocycles. The third-order valence-corrected chi connectivity index (χ3v) is 9.68. The highest BCUT2D eigenvalue weighted by Gasteiger charge is 2.29. The highest BCUT2D eigenvalue weighted by atomic mass is 16.5. The fourth-order valence-corrected chi connectivity index (χ4v) is 6.87. The molecular formula is C40H49N3O6. The first-order valence-corrected chi connectivity index (χ1v) is 17.0. The van der Waals surface area contributed by atoms with E-state index in [2.05, 4.69) is 59.1 Å². The van der Waals surface area contributed by atoms with Gasteiger partial charge < -0.3 is 24.7 Å². The zero-order chi connectivity index (χ0) is 35.3. The van der Waals surface area contributed by atoms with Gasteiger partial charge in [0.2, 0.25) is 0 Å². The molecule has 0 spiro atoms. The topological polar surface area (TPSA) is 120 Å².